The number of nitrogens with one attached hydrogen (secondary N) is 2. The van der Waals surface area contributed by atoms with E-state index >= 15 is 0 Å². The number of halogens is 1. The van der Waals surface area contributed by atoms with Crippen LogP contribution in [-0.2, 0) is 11.2 Å². The van der Waals surface area contributed by atoms with Crippen LogP contribution < -0.4 is 10.6 Å². The monoisotopic (exact) mass is 224 g/mol. The topological polar surface area (TPSA) is 41.1 Å². The van der Waals surface area contributed by atoms with E-state index in [2.05, 4.69) is 10.6 Å². The number of aryl methyl sites for hydroxylation is 1. The molecule has 2 N–H and O–H groups in total. The number of carbonyl (C=O) groups is 1. The predicted octanol–water partition coefficient (Wildman–Crippen LogP) is 2.66. The number of hydrogen-bond acceptors (Lipinski definition) is 2. The van der Waals surface area contributed by atoms with E-state index in [1.165, 1.54) is 12.5 Å². The maximum Gasteiger partial charge on any atom is 0.221 e. The van der Waals surface area contributed by atoms with Gasteiger partial charge in [-0.25, -0.2) is 0 Å². The van der Waals surface area contributed by atoms with Crippen molar-refractivity contribution in [2.75, 3.05) is 17.2 Å². The predicted molar refractivity (Wildman–Crippen MR) is 62.6 cm³/mol. The van der Waals surface area contributed by atoms with Crippen molar-refractivity contribution in [3.05, 3.63) is 22.7 Å². The zero-order valence-electron chi connectivity index (χ0n) is 8.56. The lowest BCUT2D eigenvalue weighted by Crippen LogP contribution is -2.13. The van der Waals surface area contributed by atoms with E-state index in [9.17, 15) is 4.79 Å². The molecular formula is C11H13ClN2O. The molecule has 3 nitrogen and oxygen atoms in total. The molecule has 1 aromatic carbocycles. The Kier molecular flexibility index (Phi) is 2.82. The SMILES string of the molecule is CC(=O)Nc1cc2c(cc1Cl)CCCN2. The number of fused-ring (bicyclic) bond motifs is 1. The lowest BCUT2D eigenvalue weighted by atomic mass is 10.0. The smallest absolute Gasteiger partial charge is 0.221 e. The minimum Gasteiger partial charge on any atom is -0.385 e. The summed E-state index contributed by atoms with van der Waals surface area (Å²) < 4.78 is 0. The molecule has 0 aliphatic carbocycles. The number of anilines is 2. The van der Waals surface area contributed by atoms with Gasteiger partial charge >= 0.3 is 0 Å². The maximum atomic E-state index is 10.9. The lowest BCUT2D eigenvalue weighted by Gasteiger charge is -2.19. The van der Waals surface area contributed by atoms with Crippen molar-refractivity contribution >= 4 is 28.9 Å². The quantitative estimate of drug-likeness (QED) is 0.770. The summed E-state index contributed by atoms with van der Waals surface area (Å²) in [6.07, 6.45) is 2.17. The summed E-state index contributed by atoms with van der Waals surface area (Å²) >= 11 is 6.06. The van der Waals surface area contributed by atoms with Crippen molar-refractivity contribution in [2.24, 2.45) is 0 Å². The summed E-state index contributed by atoms with van der Waals surface area (Å²) in [5.74, 6) is -0.104. The average Bonchev–Trinajstić information content (AvgIpc) is 2.18. The van der Waals surface area contributed by atoms with Crippen molar-refractivity contribution in [1.29, 1.82) is 0 Å². The van der Waals surface area contributed by atoms with Gasteiger partial charge in [0.1, 0.15) is 0 Å². The molecule has 0 radical (unpaired) electrons. The van der Waals surface area contributed by atoms with Crippen LogP contribution in [0.3, 0.4) is 0 Å². The minimum absolute atomic E-state index is 0.104. The Labute approximate surface area is 93.8 Å². The number of rotatable bonds is 1. The maximum absolute atomic E-state index is 10.9. The van der Waals surface area contributed by atoms with E-state index in [1.807, 2.05) is 12.1 Å². The molecule has 0 spiro atoms. The summed E-state index contributed by atoms with van der Waals surface area (Å²) in [6.45, 7) is 2.46. The van der Waals surface area contributed by atoms with E-state index in [4.69, 9.17) is 11.6 Å². The van der Waals surface area contributed by atoms with E-state index in [1.54, 1.807) is 0 Å². The van der Waals surface area contributed by atoms with Gasteiger partial charge in [-0.1, -0.05) is 11.6 Å². The lowest BCUT2D eigenvalue weighted by molar-refractivity contribution is -0.114. The molecule has 80 valence electrons. The molecule has 4 heteroatoms. The van der Waals surface area contributed by atoms with E-state index < -0.39 is 0 Å². The standard InChI is InChI=1S/C11H13ClN2O/c1-7(15)14-11-6-10-8(5-9(11)12)3-2-4-13-10/h5-6,13H,2-4H2,1H3,(H,14,15). The zero-order chi connectivity index (χ0) is 10.8. The number of amides is 1. The van der Waals surface area contributed by atoms with Gasteiger partial charge in [0, 0.05) is 19.2 Å². The molecule has 0 atom stereocenters. The molecule has 0 aromatic heterocycles. The fraction of sp³-hybridized carbons (Fsp3) is 0.364. The zero-order valence-corrected chi connectivity index (χ0v) is 9.32. The molecule has 1 amide bonds. The Morgan fingerprint density at radius 1 is 1.53 bits per heavy atom. The van der Waals surface area contributed by atoms with Crippen molar-refractivity contribution < 1.29 is 4.79 Å². The molecule has 1 aliphatic rings. The van der Waals surface area contributed by atoms with Gasteiger partial charge in [0.2, 0.25) is 5.91 Å². The number of hydrogen-bond donors (Lipinski definition) is 2. The molecule has 1 aromatic rings. The van der Waals surface area contributed by atoms with Gasteiger partial charge in [0.05, 0.1) is 10.7 Å². The first-order valence-electron chi connectivity index (χ1n) is 5.00. The number of carbonyl (C=O) groups excluding carboxylic acids is 1. The van der Waals surface area contributed by atoms with Crippen LogP contribution in [-0.4, -0.2) is 12.5 Å². The molecule has 1 heterocycles. The minimum atomic E-state index is -0.104. The Hall–Kier alpha value is -1.22. The summed E-state index contributed by atoms with van der Waals surface area (Å²) in [6, 6.07) is 3.83. The highest BCUT2D eigenvalue weighted by Gasteiger charge is 2.12. The summed E-state index contributed by atoms with van der Waals surface area (Å²) in [5, 5.41) is 6.61. The van der Waals surface area contributed by atoms with Crippen LogP contribution >= 0.6 is 11.6 Å². The highest BCUT2D eigenvalue weighted by molar-refractivity contribution is 6.34. The second-order valence-electron chi connectivity index (χ2n) is 3.70. The van der Waals surface area contributed by atoms with Crippen LogP contribution in [0.2, 0.25) is 5.02 Å². The van der Waals surface area contributed by atoms with E-state index in [-0.39, 0.29) is 5.91 Å². The van der Waals surface area contributed by atoms with Crippen molar-refractivity contribution in [3.8, 4) is 0 Å². The fourth-order valence-electron chi connectivity index (χ4n) is 1.77. The van der Waals surface area contributed by atoms with Crippen LogP contribution in [0.15, 0.2) is 12.1 Å². The Morgan fingerprint density at radius 3 is 3.07 bits per heavy atom. The third-order valence-electron chi connectivity index (χ3n) is 2.44. The van der Waals surface area contributed by atoms with Gasteiger partial charge in [-0.3, -0.25) is 4.79 Å². The highest BCUT2D eigenvalue weighted by Crippen LogP contribution is 2.31. The molecule has 0 saturated carbocycles. The Bertz CT molecular complexity index is 404. The van der Waals surface area contributed by atoms with Crippen LogP contribution in [0.25, 0.3) is 0 Å². The molecule has 15 heavy (non-hydrogen) atoms. The largest absolute Gasteiger partial charge is 0.385 e. The molecule has 0 saturated heterocycles. The summed E-state index contributed by atoms with van der Waals surface area (Å²) in [7, 11) is 0. The second-order valence-corrected chi connectivity index (χ2v) is 4.11. The molecule has 0 fully saturated rings. The fourth-order valence-corrected chi connectivity index (χ4v) is 2.01. The Morgan fingerprint density at radius 2 is 2.33 bits per heavy atom. The van der Waals surface area contributed by atoms with E-state index in [0.29, 0.717) is 10.7 Å². The second kappa shape index (κ2) is 4.11. The summed E-state index contributed by atoms with van der Waals surface area (Å²) in [4.78, 5) is 10.9. The molecular weight excluding hydrogens is 212 g/mol. The van der Waals surface area contributed by atoms with Crippen molar-refractivity contribution in [2.45, 2.75) is 19.8 Å². The third kappa shape index (κ3) is 2.23. The first kappa shape index (κ1) is 10.3. The average molecular weight is 225 g/mol. The van der Waals surface area contributed by atoms with Crippen LogP contribution in [0.1, 0.15) is 18.9 Å². The first-order valence-corrected chi connectivity index (χ1v) is 5.38. The normalized spacial score (nSPS) is 14.0. The van der Waals surface area contributed by atoms with E-state index in [0.717, 1.165) is 25.1 Å². The third-order valence-corrected chi connectivity index (χ3v) is 2.75. The van der Waals surface area contributed by atoms with Crippen molar-refractivity contribution in [3.63, 3.8) is 0 Å². The van der Waals surface area contributed by atoms with Gasteiger partial charge in [0.25, 0.3) is 0 Å². The number of benzene rings is 1. The van der Waals surface area contributed by atoms with Gasteiger partial charge < -0.3 is 10.6 Å². The first-order chi connectivity index (χ1) is 7.16. The molecule has 0 bridgehead atoms. The van der Waals surface area contributed by atoms with Gasteiger partial charge in [-0.05, 0) is 30.5 Å². The molecule has 2 rings (SSSR count). The van der Waals surface area contributed by atoms with Gasteiger partial charge in [0.15, 0.2) is 0 Å². The molecule has 1 aliphatic heterocycles. The van der Waals surface area contributed by atoms with Crippen molar-refractivity contribution in [1.82, 2.24) is 0 Å². The Balaban J connectivity index is 2.36. The highest BCUT2D eigenvalue weighted by atomic mass is 35.5. The van der Waals surface area contributed by atoms with Crippen LogP contribution in [0.4, 0.5) is 11.4 Å². The van der Waals surface area contributed by atoms with Gasteiger partial charge in [-0.15, -0.1) is 0 Å². The molecule has 0 unspecified atom stereocenters. The van der Waals surface area contributed by atoms with Gasteiger partial charge in [-0.2, -0.15) is 0 Å². The van der Waals surface area contributed by atoms with Crippen LogP contribution in [0, 0.1) is 0 Å². The summed E-state index contributed by atoms with van der Waals surface area (Å²) in [5.41, 5.74) is 2.98. The van der Waals surface area contributed by atoms with Crippen LogP contribution in [0.5, 0.6) is 0 Å².